The molecule has 0 bridgehead atoms. The number of carbonyl (C=O) groups excluding carboxylic acids is 1. The van der Waals surface area contributed by atoms with Crippen LogP contribution in [0, 0.1) is 17.6 Å². The molecule has 2 aromatic carbocycles. The smallest absolute Gasteiger partial charge is 0.229 e. The molecule has 1 saturated heterocycles. The molecule has 2 fully saturated rings. The molecule has 1 heterocycles. The van der Waals surface area contributed by atoms with E-state index >= 15 is 4.39 Å². The number of alkyl halides is 1. The SMILES string of the molecule is CS(=O)(=O)N[C@H]1CCCN(C(=O)[C@H]2C[C@]2(F)c2ccccc2-c2c(F)cccc2F)CC1. The molecule has 4 rings (SSSR count). The fraction of sp³-hybridized carbons (Fsp3) is 0.435. The van der Waals surface area contributed by atoms with Crippen molar-refractivity contribution in [1.29, 1.82) is 0 Å². The Labute approximate surface area is 185 Å². The fourth-order valence-corrected chi connectivity index (χ4v) is 5.44. The van der Waals surface area contributed by atoms with Crippen LogP contribution in [-0.4, -0.2) is 44.6 Å². The third kappa shape index (κ3) is 4.54. The number of hydrogen-bond donors (Lipinski definition) is 1. The lowest BCUT2D eigenvalue weighted by Gasteiger charge is -2.22. The molecule has 2 aliphatic rings. The molecule has 1 amide bonds. The number of amides is 1. The molecule has 0 unspecified atom stereocenters. The van der Waals surface area contributed by atoms with E-state index in [2.05, 4.69) is 4.72 Å². The Morgan fingerprint density at radius 1 is 1.06 bits per heavy atom. The van der Waals surface area contributed by atoms with Gasteiger partial charge in [-0.15, -0.1) is 0 Å². The number of carbonyl (C=O) groups is 1. The van der Waals surface area contributed by atoms with Gasteiger partial charge in [0.1, 0.15) is 17.3 Å². The van der Waals surface area contributed by atoms with E-state index in [9.17, 15) is 22.0 Å². The molecule has 0 aromatic heterocycles. The Morgan fingerprint density at radius 2 is 1.75 bits per heavy atom. The van der Waals surface area contributed by atoms with Crippen LogP contribution in [0.2, 0.25) is 0 Å². The summed E-state index contributed by atoms with van der Waals surface area (Å²) in [5.74, 6) is -2.86. The summed E-state index contributed by atoms with van der Waals surface area (Å²) >= 11 is 0. The quantitative estimate of drug-likeness (QED) is 0.730. The molecular formula is C23H25F3N2O3S. The second-order valence-corrected chi connectivity index (χ2v) is 10.4. The van der Waals surface area contributed by atoms with Crippen molar-refractivity contribution in [3.8, 4) is 11.1 Å². The highest BCUT2D eigenvalue weighted by molar-refractivity contribution is 7.88. The first kappa shape index (κ1) is 22.8. The summed E-state index contributed by atoms with van der Waals surface area (Å²) < 4.78 is 70.2. The van der Waals surface area contributed by atoms with Crippen LogP contribution in [0.25, 0.3) is 11.1 Å². The van der Waals surface area contributed by atoms with E-state index in [1.807, 2.05) is 0 Å². The minimum absolute atomic E-state index is 0.0551. The van der Waals surface area contributed by atoms with E-state index < -0.39 is 33.2 Å². The highest BCUT2D eigenvalue weighted by atomic mass is 32.2. The molecule has 1 aliphatic carbocycles. The third-order valence-electron chi connectivity index (χ3n) is 6.22. The van der Waals surface area contributed by atoms with Crippen molar-refractivity contribution < 1.29 is 26.4 Å². The Morgan fingerprint density at radius 3 is 2.44 bits per heavy atom. The van der Waals surface area contributed by atoms with Crippen LogP contribution in [0.5, 0.6) is 0 Å². The number of sulfonamides is 1. The summed E-state index contributed by atoms with van der Waals surface area (Å²) in [6, 6.07) is 9.33. The van der Waals surface area contributed by atoms with Crippen molar-refractivity contribution in [3.05, 3.63) is 59.7 Å². The maximum atomic E-state index is 15.9. The summed E-state index contributed by atoms with van der Waals surface area (Å²) in [5.41, 5.74) is -2.09. The molecule has 5 nitrogen and oxygen atoms in total. The average Bonchev–Trinajstić information content (AvgIpc) is 3.46. The number of halogens is 3. The zero-order valence-electron chi connectivity index (χ0n) is 17.7. The molecule has 9 heteroatoms. The van der Waals surface area contributed by atoms with Crippen LogP contribution in [-0.2, 0) is 20.5 Å². The monoisotopic (exact) mass is 466 g/mol. The lowest BCUT2D eigenvalue weighted by atomic mass is 9.93. The maximum absolute atomic E-state index is 15.9. The third-order valence-corrected chi connectivity index (χ3v) is 6.98. The highest BCUT2D eigenvalue weighted by Gasteiger charge is 2.62. The highest BCUT2D eigenvalue weighted by Crippen LogP contribution is 2.58. The minimum Gasteiger partial charge on any atom is -0.342 e. The minimum atomic E-state index is -3.35. The normalized spacial score (nSPS) is 25.9. The summed E-state index contributed by atoms with van der Waals surface area (Å²) in [6.45, 7) is 0.735. The number of hydrogen-bond acceptors (Lipinski definition) is 3. The second-order valence-electron chi connectivity index (χ2n) is 8.60. The van der Waals surface area contributed by atoms with E-state index in [1.54, 1.807) is 17.0 Å². The second kappa shape index (κ2) is 8.51. The average molecular weight is 467 g/mol. The van der Waals surface area contributed by atoms with Gasteiger partial charge < -0.3 is 4.90 Å². The number of benzene rings is 2. The molecule has 172 valence electrons. The van der Waals surface area contributed by atoms with Gasteiger partial charge in [-0.05, 0) is 42.5 Å². The molecule has 3 atom stereocenters. The fourth-order valence-electron chi connectivity index (χ4n) is 4.60. The molecule has 0 radical (unpaired) electrons. The Balaban J connectivity index is 1.54. The molecule has 2 aromatic rings. The zero-order valence-corrected chi connectivity index (χ0v) is 18.5. The summed E-state index contributed by atoms with van der Waals surface area (Å²) in [6.07, 6.45) is 2.68. The number of rotatable bonds is 5. The Bertz CT molecular complexity index is 1120. The number of nitrogens with one attached hydrogen (secondary N) is 1. The van der Waals surface area contributed by atoms with E-state index in [4.69, 9.17) is 0 Å². The van der Waals surface area contributed by atoms with Gasteiger partial charge in [0.15, 0.2) is 0 Å². The molecule has 1 aliphatic heterocycles. The van der Waals surface area contributed by atoms with Gasteiger partial charge >= 0.3 is 0 Å². The summed E-state index contributed by atoms with van der Waals surface area (Å²) in [7, 11) is -3.35. The van der Waals surface area contributed by atoms with E-state index in [-0.39, 0.29) is 35.1 Å². The number of likely N-dealkylation sites (tertiary alicyclic amines) is 1. The summed E-state index contributed by atoms with van der Waals surface area (Å²) in [4.78, 5) is 14.6. The topological polar surface area (TPSA) is 66.5 Å². The van der Waals surface area contributed by atoms with Gasteiger partial charge in [-0.1, -0.05) is 30.3 Å². The van der Waals surface area contributed by atoms with Gasteiger partial charge in [-0.3, -0.25) is 4.79 Å². The van der Waals surface area contributed by atoms with E-state index in [0.29, 0.717) is 32.4 Å². The van der Waals surface area contributed by atoms with Crippen LogP contribution in [0.3, 0.4) is 0 Å². The van der Waals surface area contributed by atoms with Crippen molar-refractivity contribution in [2.24, 2.45) is 5.92 Å². The van der Waals surface area contributed by atoms with Gasteiger partial charge in [0.25, 0.3) is 0 Å². The largest absolute Gasteiger partial charge is 0.342 e. The van der Waals surface area contributed by atoms with Crippen LogP contribution in [0.15, 0.2) is 42.5 Å². The van der Waals surface area contributed by atoms with E-state index in [1.165, 1.54) is 18.2 Å². The van der Waals surface area contributed by atoms with Gasteiger partial charge in [0.2, 0.25) is 15.9 Å². The first-order valence-corrected chi connectivity index (χ1v) is 12.5. The van der Waals surface area contributed by atoms with Gasteiger partial charge in [0, 0.05) is 25.6 Å². The molecule has 32 heavy (non-hydrogen) atoms. The Hall–Kier alpha value is -2.39. The number of nitrogens with zero attached hydrogens (tertiary/aromatic N) is 1. The van der Waals surface area contributed by atoms with Gasteiger partial charge in [-0.25, -0.2) is 26.3 Å². The van der Waals surface area contributed by atoms with Gasteiger partial charge in [-0.2, -0.15) is 0 Å². The lowest BCUT2D eigenvalue weighted by molar-refractivity contribution is -0.133. The van der Waals surface area contributed by atoms with Crippen molar-refractivity contribution >= 4 is 15.9 Å². The Kier molecular flexibility index (Phi) is 6.06. The predicted octanol–water partition coefficient (Wildman–Crippen LogP) is 3.75. The van der Waals surface area contributed by atoms with Crippen molar-refractivity contribution in [3.63, 3.8) is 0 Å². The summed E-state index contributed by atoms with van der Waals surface area (Å²) in [5, 5.41) is 0. The van der Waals surface area contributed by atoms with Crippen molar-refractivity contribution in [2.75, 3.05) is 19.3 Å². The molecular weight excluding hydrogens is 441 g/mol. The molecule has 1 N–H and O–H groups in total. The van der Waals surface area contributed by atoms with Crippen LogP contribution < -0.4 is 4.72 Å². The van der Waals surface area contributed by atoms with Crippen molar-refractivity contribution in [2.45, 2.75) is 37.4 Å². The predicted molar refractivity (Wildman–Crippen MR) is 115 cm³/mol. The van der Waals surface area contributed by atoms with Crippen molar-refractivity contribution in [1.82, 2.24) is 9.62 Å². The van der Waals surface area contributed by atoms with E-state index in [0.717, 1.165) is 18.4 Å². The van der Waals surface area contributed by atoms with Crippen LogP contribution in [0.4, 0.5) is 13.2 Å². The maximum Gasteiger partial charge on any atom is 0.229 e. The standard InChI is InChI=1S/C23H25F3N2O3S/c1-32(30,31)27-15-6-5-12-28(13-11-15)22(29)18-14-23(18,26)17-8-3-2-7-16(17)21-19(24)9-4-10-20(21)25/h2-4,7-10,15,18,27H,5-6,11-14H2,1H3/t15-,18+,23-/m0/s1. The molecule has 1 saturated carbocycles. The first-order chi connectivity index (χ1) is 15.1. The lowest BCUT2D eigenvalue weighted by Crippen LogP contribution is -2.37. The first-order valence-electron chi connectivity index (χ1n) is 10.6. The van der Waals surface area contributed by atoms with Crippen LogP contribution >= 0.6 is 0 Å². The molecule has 0 spiro atoms. The zero-order chi connectivity index (χ0) is 23.1. The van der Waals surface area contributed by atoms with Gasteiger partial charge in [0.05, 0.1) is 17.7 Å². The van der Waals surface area contributed by atoms with Crippen LogP contribution in [0.1, 0.15) is 31.2 Å².